The van der Waals surface area contributed by atoms with E-state index < -0.39 is 5.82 Å². The molecule has 1 fully saturated rings. The molecule has 170 valence electrons. The van der Waals surface area contributed by atoms with Crippen molar-refractivity contribution in [2.45, 2.75) is 26.4 Å². The molecular weight excluding hydrogens is 423 g/mol. The van der Waals surface area contributed by atoms with Crippen LogP contribution in [0.3, 0.4) is 0 Å². The van der Waals surface area contributed by atoms with Gasteiger partial charge in [0, 0.05) is 54.8 Å². The van der Waals surface area contributed by atoms with Crippen LogP contribution in [0.15, 0.2) is 36.5 Å². The van der Waals surface area contributed by atoms with Crippen molar-refractivity contribution in [1.29, 1.82) is 0 Å². The van der Waals surface area contributed by atoms with Gasteiger partial charge in [-0.15, -0.1) is 0 Å². The van der Waals surface area contributed by atoms with Crippen molar-refractivity contribution in [1.82, 2.24) is 20.3 Å². The molecule has 0 unspecified atom stereocenters. The van der Waals surface area contributed by atoms with Crippen molar-refractivity contribution < 1.29 is 13.9 Å². The first kappa shape index (κ1) is 21.3. The summed E-state index contributed by atoms with van der Waals surface area (Å²) in [5.74, 6) is 0.859. The molecule has 2 aromatic heterocycles. The average Bonchev–Trinajstić information content (AvgIpc) is 3.15. The Hall–Kier alpha value is -3.59. The molecule has 1 saturated heterocycles. The standard InChI is InChI=1S/C24H25FN6O2/c1-14-11-20(29-24(28-14)30-10-9-26-12-15(30)2)31-13-17-16(23(31)32)7-8-27-22(17)21-18(25)5-4-6-19(21)33-3/h4-8,11,15,26H,9-10,12-13H2,1-3H3/t15-/m0/s1. The van der Waals surface area contributed by atoms with Gasteiger partial charge in [-0.2, -0.15) is 4.98 Å². The molecule has 0 aliphatic carbocycles. The van der Waals surface area contributed by atoms with E-state index in [1.54, 1.807) is 29.2 Å². The number of nitrogens with one attached hydrogen (secondary N) is 1. The fourth-order valence-electron chi connectivity index (χ4n) is 4.47. The van der Waals surface area contributed by atoms with Gasteiger partial charge in [-0.05, 0) is 32.0 Å². The van der Waals surface area contributed by atoms with Gasteiger partial charge >= 0.3 is 0 Å². The van der Waals surface area contributed by atoms with Gasteiger partial charge < -0.3 is 15.0 Å². The number of nitrogens with zero attached hydrogens (tertiary/aromatic N) is 5. The second-order valence-corrected chi connectivity index (χ2v) is 8.31. The minimum atomic E-state index is -0.450. The van der Waals surface area contributed by atoms with E-state index in [0.29, 0.717) is 34.3 Å². The molecule has 1 atom stereocenters. The fourth-order valence-corrected chi connectivity index (χ4v) is 4.47. The van der Waals surface area contributed by atoms with Crippen molar-refractivity contribution in [3.8, 4) is 17.0 Å². The van der Waals surface area contributed by atoms with Crippen LogP contribution in [-0.4, -0.2) is 53.6 Å². The second kappa shape index (κ2) is 8.40. The minimum Gasteiger partial charge on any atom is -0.496 e. The maximum absolute atomic E-state index is 14.8. The number of fused-ring (bicyclic) bond motifs is 1. The zero-order chi connectivity index (χ0) is 23.1. The Morgan fingerprint density at radius 2 is 2.09 bits per heavy atom. The molecule has 0 radical (unpaired) electrons. The van der Waals surface area contributed by atoms with Crippen LogP contribution in [0, 0.1) is 12.7 Å². The summed E-state index contributed by atoms with van der Waals surface area (Å²) < 4.78 is 20.2. The van der Waals surface area contributed by atoms with E-state index >= 15 is 0 Å². The van der Waals surface area contributed by atoms with Gasteiger partial charge in [0.1, 0.15) is 17.4 Å². The molecule has 1 aromatic carbocycles. The molecule has 9 heteroatoms. The first-order chi connectivity index (χ1) is 16.0. The van der Waals surface area contributed by atoms with Crippen molar-refractivity contribution >= 4 is 17.7 Å². The summed E-state index contributed by atoms with van der Waals surface area (Å²) in [7, 11) is 1.49. The number of aromatic nitrogens is 3. The van der Waals surface area contributed by atoms with Crippen molar-refractivity contribution in [2.24, 2.45) is 0 Å². The van der Waals surface area contributed by atoms with Crippen LogP contribution >= 0.6 is 0 Å². The predicted octanol–water partition coefficient (Wildman–Crippen LogP) is 2.95. The number of halogens is 1. The minimum absolute atomic E-state index is 0.193. The van der Waals surface area contributed by atoms with Crippen LogP contribution in [0.25, 0.3) is 11.3 Å². The highest BCUT2D eigenvalue weighted by atomic mass is 19.1. The summed E-state index contributed by atoms with van der Waals surface area (Å²) >= 11 is 0. The van der Waals surface area contributed by atoms with Crippen LogP contribution in [-0.2, 0) is 6.54 Å². The van der Waals surface area contributed by atoms with Crippen LogP contribution in [0.2, 0.25) is 0 Å². The molecule has 0 spiro atoms. The Kier molecular flexibility index (Phi) is 5.41. The lowest BCUT2D eigenvalue weighted by atomic mass is 10.0. The third-order valence-electron chi connectivity index (χ3n) is 6.14. The number of rotatable bonds is 4. The molecule has 4 heterocycles. The van der Waals surface area contributed by atoms with Crippen molar-refractivity contribution in [2.75, 3.05) is 36.5 Å². The second-order valence-electron chi connectivity index (χ2n) is 8.31. The Bertz CT molecular complexity index is 1230. The van der Waals surface area contributed by atoms with Gasteiger partial charge in [-0.3, -0.25) is 14.7 Å². The van der Waals surface area contributed by atoms with Crippen molar-refractivity contribution in [3.63, 3.8) is 0 Å². The largest absolute Gasteiger partial charge is 0.496 e. The molecule has 8 nitrogen and oxygen atoms in total. The number of hydrogen-bond donors (Lipinski definition) is 1. The number of carbonyl (C=O) groups is 1. The topological polar surface area (TPSA) is 83.5 Å². The van der Waals surface area contributed by atoms with E-state index in [2.05, 4.69) is 27.1 Å². The number of anilines is 2. The number of amides is 1. The monoisotopic (exact) mass is 448 g/mol. The Labute approximate surface area is 191 Å². The normalized spacial score (nSPS) is 17.9. The van der Waals surface area contributed by atoms with Gasteiger partial charge in [0.2, 0.25) is 5.95 Å². The van der Waals surface area contributed by atoms with E-state index in [-0.39, 0.29) is 24.1 Å². The molecule has 1 amide bonds. The summed E-state index contributed by atoms with van der Waals surface area (Å²) in [4.78, 5) is 30.9. The van der Waals surface area contributed by atoms with Crippen LogP contribution in [0.1, 0.15) is 28.5 Å². The van der Waals surface area contributed by atoms with Crippen LogP contribution in [0.5, 0.6) is 5.75 Å². The molecule has 33 heavy (non-hydrogen) atoms. The lowest BCUT2D eigenvalue weighted by molar-refractivity contribution is 0.0996. The smallest absolute Gasteiger partial charge is 0.260 e. The molecule has 2 aliphatic heterocycles. The summed E-state index contributed by atoms with van der Waals surface area (Å²) in [5, 5.41) is 3.36. The summed E-state index contributed by atoms with van der Waals surface area (Å²) in [6.45, 7) is 6.74. The van der Waals surface area contributed by atoms with Gasteiger partial charge in [0.05, 0.1) is 24.9 Å². The number of carbonyl (C=O) groups excluding carboxylic acids is 1. The number of ether oxygens (including phenoxy) is 1. The van der Waals surface area contributed by atoms with Gasteiger partial charge in [-0.1, -0.05) is 6.07 Å². The van der Waals surface area contributed by atoms with E-state index in [1.807, 2.05) is 6.92 Å². The third kappa shape index (κ3) is 3.68. The lowest BCUT2D eigenvalue weighted by Crippen LogP contribution is -2.50. The molecule has 1 N–H and O–H groups in total. The quantitative estimate of drug-likeness (QED) is 0.657. The van der Waals surface area contributed by atoms with Gasteiger partial charge in [-0.25, -0.2) is 9.37 Å². The summed E-state index contributed by atoms with van der Waals surface area (Å²) in [6, 6.07) is 8.34. The first-order valence-electron chi connectivity index (χ1n) is 10.9. The highest BCUT2D eigenvalue weighted by molar-refractivity contribution is 6.10. The molecule has 0 bridgehead atoms. The Morgan fingerprint density at radius 1 is 1.24 bits per heavy atom. The van der Waals surface area contributed by atoms with E-state index in [4.69, 9.17) is 9.72 Å². The van der Waals surface area contributed by atoms with Crippen LogP contribution < -0.4 is 19.9 Å². The molecule has 2 aliphatic rings. The third-order valence-corrected chi connectivity index (χ3v) is 6.14. The van der Waals surface area contributed by atoms with Gasteiger partial charge in [0.25, 0.3) is 5.91 Å². The molecule has 5 rings (SSSR count). The fraction of sp³-hybridized carbons (Fsp3) is 0.333. The number of benzene rings is 1. The van der Waals surface area contributed by atoms with E-state index in [9.17, 15) is 9.18 Å². The highest BCUT2D eigenvalue weighted by Crippen LogP contribution is 2.38. The molecule has 0 saturated carbocycles. The lowest BCUT2D eigenvalue weighted by Gasteiger charge is -2.34. The number of aryl methyl sites for hydroxylation is 1. The van der Waals surface area contributed by atoms with E-state index in [1.165, 1.54) is 19.4 Å². The SMILES string of the molecule is COc1cccc(F)c1-c1nccc2c1CN(c1cc(C)nc(N3CCNC[C@@H]3C)n1)C2=O. The summed E-state index contributed by atoms with van der Waals surface area (Å²) in [6.07, 6.45) is 1.53. The predicted molar refractivity (Wildman–Crippen MR) is 123 cm³/mol. The zero-order valence-electron chi connectivity index (χ0n) is 18.8. The van der Waals surface area contributed by atoms with E-state index in [0.717, 1.165) is 25.3 Å². The summed E-state index contributed by atoms with van der Waals surface area (Å²) in [5.41, 5.74) is 2.57. The maximum Gasteiger partial charge on any atom is 0.260 e. The van der Waals surface area contributed by atoms with Crippen LogP contribution in [0.4, 0.5) is 16.2 Å². The van der Waals surface area contributed by atoms with Gasteiger partial charge in [0.15, 0.2) is 0 Å². The number of piperazine rings is 1. The number of hydrogen-bond acceptors (Lipinski definition) is 7. The molecule has 3 aromatic rings. The average molecular weight is 449 g/mol. The molecular formula is C24H25FN6O2. The Morgan fingerprint density at radius 3 is 2.88 bits per heavy atom. The Balaban J connectivity index is 1.55. The zero-order valence-corrected chi connectivity index (χ0v) is 18.8. The first-order valence-corrected chi connectivity index (χ1v) is 10.9. The van der Waals surface area contributed by atoms with Crippen molar-refractivity contribution in [3.05, 3.63) is 59.2 Å². The number of pyridine rings is 1. The number of methoxy groups -OCH3 is 1. The highest BCUT2D eigenvalue weighted by Gasteiger charge is 2.34. The maximum atomic E-state index is 14.8.